The molecule has 0 atom stereocenters. The average molecular weight is 416 g/mol. The normalized spacial score (nSPS) is 8.71. The van der Waals surface area contributed by atoms with Crippen LogP contribution in [0.2, 0.25) is 13.1 Å². The largest absolute Gasteiger partial charge is 0.358 e. The van der Waals surface area contributed by atoms with Gasteiger partial charge in [-0.1, -0.05) is 33.8 Å². The molecule has 0 aliphatic rings. The molecule has 3 aromatic carbocycles. The van der Waals surface area contributed by atoms with E-state index in [-0.39, 0.29) is 20.3 Å². The molecule has 0 aromatic heterocycles. The van der Waals surface area contributed by atoms with E-state index in [4.69, 9.17) is 0 Å². The molecule has 24 heavy (non-hydrogen) atoms. The fourth-order valence-electron chi connectivity index (χ4n) is 2.20. The Labute approximate surface area is 165 Å². The van der Waals surface area contributed by atoms with E-state index in [1.54, 1.807) is 23.3 Å². The molecule has 0 radical (unpaired) electrons. The molecule has 0 aliphatic carbocycles. The molecule has 0 bridgehead atoms. The van der Waals surface area contributed by atoms with Crippen molar-refractivity contribution in [2.75, 3.05) is 0 Å². The van der Waals surface area contributed by atoms with Gasteiger partial charge in [-0.05, 0) is 0 Å². The van der Waals surface area contributed by atoms with Gasteiger partial charge in [0, 0.05) is 0 Å². The van der Waals surface area contributed by atoms with E-state index < -0.39 is 0 Å². The molecular weight excluding hydrogens is 384 g/mol. The smallest absolute Gasteiger partial charge is 0.0632 e. The number of aryl methyl sites for hydroxylation is 2. The van der Waals surface area contributed by atoms with Gasteiger partial charge in [-0.15, -0.1) is 29.7 Å². The van der Waals surface area contributed by atoms with Crippen LogP contribution in [-0.4, -0.2) is 5.43 Å². The summed E-state index contributed by atoms with van der Waals surface area (Å²) in [6, 6.07) is 16.9. The average Bonchev–Trinajstić information content (AvgIpc) is 3.01. The first-order valence-corrected chi connectivity index (χ1v) is 13.8. The first-order chi connectivity index (χ1) is 10.3. The summed E-state index contributed by atoms with van der Waals surface area (Å²) in [6.45, 7) is 13.3. The predicted molar refractivity (Wildman–Crippen MR) is 111 cm³/mol. The van der Waals surface area contributed by atoms with Gasteiger partial charge in [0.1, 0.15) is 0 Å². The van der Waals surface area contributed by atoms with Crippen LogP contribution >= 0.6 is 0 Å². The van der Waals surface area contributed by atoms with Gasteiger partial charge in [0.05, 0.1) is 0 Å². The molecular formula is C22H32SiZr-4. The van der Waals surface area contributed by atoms with Crippen LogP contribution in [0, 0.1) is 42.5 Å². The van der Waals surface area contributed by atoms with Gasteiger partial charge in [0.25, 0.3) is 0 Å². The zero-order valence-electron chi connectivity index (χ0n) is 16.6. The molecule has 3 rings (SSSR count). The maximum absolute atomic E-state index is 2.31. The Kier molecular flexibility index (Phi) is 13.4. The van der Waals surface area contributed by atoms with Crippen molar-refractivity contribution in [2.45, 2.75) is 40.8 Å². The fourth-order valence-corrected chi connectivity index (χ4v) is 2.20. The zero-order chi connectivity index (χ0) is 16.7. The Bertz CT molecular complexity index is 675. The van der Waals surface area contributed by atoms with E-state index >= 15 is 0 Å². The third-order valence-corrected chi connectivity index (χ3v) is 3.73. The number of fused-ring (bicyclic) bond motifs is 1. The van der Waals surface area contributed by atoms with Gasteiger partial charge in [0.15, 0.2) is 0 Å². The SMILES string of the molecule is C[Si](C)=[Zr].Cc1[cH-]c(C)c(C)c1C.[CH3-].[CH3-].c1ccc2[cH-]ccc2c1. The summed E-state index contributed by atoms with van der Waals surface area (Å²) in [5.41, 5.74) is 5.96. The standard InChI is InChI=1S/C9H7.C9H13.C2H6Si.2CH3.Zr/c1-2-5-9-7-3-6-8(9)4-1;1-6-5-7(2)9(4)8(6)3;1-3-2;;;/h1-7H;5H,1-4H3;1-2H3;2*1H3;/q2*-1;;2*-1;. The minimum atomic E-state index is 0. The van der Waals surface area contributed by atoms with Crippen molar-refractivity contribution in [3.05, 3.63) is 85.6 Å². The van der Waals surface area contributed by atoms with Crippen molar-refractivity contribution in [1.29, 1.82) is 0 Å². The summed E-state index contributed by atoms with van der Waals surface area (Å²) in [5, 5.41) is 2.66. The van der Waals surface area contributed by atoms with Crippen molar-refractivity contribution in [3.8, 4) is 0 Å². The van der Waals surface area contributed by atoms with E-state index in [0.717, 1.165) is 0 Å². The van der Waals surface area contributed by atoms with E-state index in [1.165, 1.54) is 33.0 Å². The fraction of sp³-hybridized carbons (Fsp3) is 0.273. The molecule has 2 heteroatoms. The predicted octanol–water partition coefficient (Wildman–Crippen LogP) is 6.88. The third kappa shape index (κ3) is 8.40. The van der Waals surface area contributed by atoms with E-state index in [1.807, 2.05) is 0 Å². The molecule has 0 amide bonds. The van der Waals surface area contributed by atoms with Crippen LogP contribution in [0.5, 0.6) is 0 Å². The van der Waals surface area contributed by atoms with E-state index in [2.05, 4.69) is 89.3 Å². The van der Waals surface area contributed by atoms with Crippen LogP contribution < -0.4 is 0 Å². The molecule has 0 heterocycles. The van der Waals surface area contributed by atoms with Crippen LogP contribution in [-0.2, 0) is 23.3 Å². The second-order valence-corrected chi connectivity index (χ2v) is 15.3. The number of rotatable bonds is 0. The quantitative estimate of drug-likeness (QED) is 0.277. The minimum Gasteiger partial charge on any atom is -0.358 e. The molecule has 0 nitrogen and oxygen atoms in total. The Hall–Kier alpha value is -0.720. The maximum Gasteiger partial charge on any atom is -0.0632 e. The van der Waals surface area contributed by atoms with Crippen molar-refractivity contribution in [2.24, 2.45) is 0 Å². The maximum atomic E-state index is 2.31. The van der Waals surface area contributed by atoms with Crippen molar-refractivity contribution in [3.63, 3.8) is 0 Å². The molecule has 0 aliphatic heterocycles. The first kappa shape index (κ1) is 25.5. The van der Waals surface area contributed by atoms with Gasteiger partial charge in [-0.25, -0.2) is 0 Å². The molecule has 0 saturated heterocycles. The number of hydrogen-bond donors (Lipinski definition) is 0. The summed E-state index contributed by atoms with van der Waals surface area (Å²) in [4.78, 5) is 0. The monoisotopic (exact) mass is 414 g/mol. The van der Waals surface area contributed by atoms with Crippen molar-refractivity contribution in [1.82, 2.24) is 0 Å². The molecule has 132 valence electrons. The van der Waals surface area contributed by atoms with Crippen molar-refractivity contribution >= 4 is 16.2 Å². The van der Waals surface area contributed by atoms with Crippen LogP contribution in [0.1, 0.15) is 22.3 Å². The Balaban J connectivity index is 0. The van der Waals surface area contributed by atoms with Gasteiger partial charge in [0.2, 0.25) is 0 Å². The molecule has 0 spiro atoms. The van der Waals surface area contributed by atoms with E-state index in [9.17, 15) is 0 Å². The van der Waals surface area contributed by atoms with Gasteiger partial charge in [-0.2, -0.15) is 45.8 Å². The van der Waals surface area contributed by atoms with Crippen LogP contribution in [0.15, 0.2) is 48.5 Å². The Morgan fingerprint density at radius 2 is 1.29 bits per heavy atom. The van der Waals surface area contributed by atoms with E-state index in [0.29, 0.717) is 0 Å². The minimum absolute atomic E-state index is 0. The molecule has 0 saturated carbocycles. The molecule has 0 N–H and O–H groups in total. The number of benzene rings is 1. The summed E-state index contributed by atoms with van der Waals surface area (Å²) in [5.74, 6) is 0. The van der Waals surface area contributed by atoms with Crippen LogP contribution in [0.3, 0.4) is 0 Å². The molecule has 3 aromatic rings. The Morgan fingerprint density at radius 1 is 0.833 bits per heavy atom. The topological polar surface area (TPSA) is 0 Å². The summed E-state index contributed by atoms with van der Waals surface area (Å²) >= 11 is 1.74. The van der Waals surface area contributed by atoms with Crippen molar-refractivity contribution < 1.29 is 23.3 Å². The Morgan fingerprint density at radius 3 is 1.67 bits per heavy atom. The summed E-state index contributed by atoms with van der Waals surface area (Å²) in [6.07, 6.45) is 0. The summed E-state index contributed by atoms with van der Waals surface area (Å²) in [7, 11) is 0. The van der Waals surface area contributed by atoms with Gasteiger partial charge < -0.3 is 14.9 Å². The number of hydrogen-bond acceptors (Lipinski definition) is 0. The molecule has 0 fully saturated rings. The zero-order valence-corrected chi connectivity index (χ0v) is 20.1. The van der Waals surface area contributed by atoms with Crippen LogP contribution in [0.4, 0.5) is 0 Å². The van der Waals surface area contributed by atoms with Gasteiger partial charge in [-0.3, -0.25) is 0 Å². The van der Waals surface area contributed by atoms with Crippen LogP contribution in [0.25, 0.3) is 10.8 Å². The second-order valence-electron chi connectivity index (χ2n) is 5.92. The first-order valence-electron chi connectivity index (χ1n) is 7.65. The molecule has 0 unspecified atom stereocenters. The second kappa shape index (κ2) is 12.6. The third-order valence-electron chi connectivity index (χ3n) is 3.73. The summed E-state index contributed by atoms with van der Waals surface area (Å²) < 4.78 is 0. The van der Waals surface area contributed by atoms with Gasteiger partial charge >= 0.3 is 41.9 Å².